The quantitative estimate of drug-likeness (QED) is 0.843. The third-order valence-corrected chi connectivity index (χ3v) is 6.08. The smallest absolute Gasteiger partial charge is 0.241 e. The molecule has 0 spiro atoms. The lowest BCUT2D eigenvalue weighted by atomic mass is 9.81. The Labute approximate surface area is 128 Å². The Morgan fingerprint density at radius 1 is 1.10 bits per heavy atom. The Morgan fingerprint density at radius 3 is 2.24 bits per heavy atom. The van der Waals surface area contributed by atoms with Crippen LogP contribution >= 0.6 is 0 Å². The lowest BCUT2D eigenvalue weighted by Crippen LogP contribution is -2.40. The molecule has 1 aliphatic rings. The zero-order valence-electron chi connectivity index (χ0n) is 13.3. The van der Waals surface area contributed by atoms with E-state index < -0.39 is 10.0 Å². The highest BCUT2D eigenvalue weighted by Gasteiger charge is 2.29. The number of nitrogens with two attached hydrogens (primary N) is 1. The van der Waals surface area contributed by atoms with E-state index in [1.54, 1.807) is 12.1 Å². The average molecular weight is 310 g/mol. The second kappa shape index (κ2) is 5.97. The van der Waals surface area contributed by atoms with Gasteiger partial charge >= 0.3 is 0 Å². The van der Waals surface area contributed by atoms with Crippen LogP contribution in [0.15, 0.2) is 17.0 Å². The van der Waals surface area contributed by atoms with Crippen LogP contribution in [0.4, 0.5) is 5.69 Å². The molecule has 0 amide bonds. The van der Waals surface area contributed by atoms with Gasteiger partial charge in [0, 0.05) is 11.7 Å². The van der Waals surface area contributed by atoms with Gasteiger partial charge in [-0.05, 0) is 68.2 Å². The van der Waals surface area contributed by atoms with Crippen molar-refractivity contribution in [3.05, 3.63) is 23.3 Å². The fourth-order valence-corrected chi connectivity index (χ4v) is 5.07. The summed E-state index contributed by atoms with van der Waals surface area (Å²) in [6.45, 7) is 8.09. The first-order valence-electron chi connectivity index (χ1n) is 7.58. The van der Waals surface area contributed by atoms with Crippen LogP contribution < -0.4 is 10.5 Å². The standard InChI is InChI=1S/C16H26N2O2S/c1-10-5-11(2)7-15(6-10)18-21(19,20)16-9-14(17)8-12(3)13(16)4/h8-11,15,18H,5-7,17H2,1-4H3. The fourth-order valence-electron chi connectivity index (χ4n) is 3.46. The molecule has 1 saturated carbocycles. The molecule has 2 unspecified atom stereocenters. The zero-order valence-corrected chi connectivity index (χ0v) is 14.1. The predicted octanol–water partition coefficient (Wildman–Crippen LogP) is 2.99. The molecule has 2 atom stereocenters. The van der Waals surface area contributed by atoms with Crippen LogP contribution in [-0.4, -0.2) is 14.5 Å². The second-order valence-electron chi connectivity index (χ2n) is 6.70. The number of hydrogen-bond acceptors (Lipinski definition) is 3. The van der Waals surface area contributed by atoms with E-state index in [0.29, 0.717) is 22.4 Å². The minimum absolute atomic E-state index is 0.0230. The van der Waals surface area contributed by atoms with Crippen LogP contribution in [0.3, 0.4) is 0 Å². The van der Waals surface area contributed by atoms with Gasteiger partial charge < -0.3 is 5.73 Å². The number of hydrogen-bond donors (Lipinski definition) is 2. The Kier molecular flexibility index (Phi) is 4.63. The highest BCUT2D eigenvalue weighted by molar-refractivity contribution is 7.89. The van der Waals surface area contributed by atoms with Crippen molar-refractivity contribution < 1.29 is 8.42 Å². The van der Waals surface area contributed by atoms with Gasteiger partial charge in [0.05, 0.1) is 4.90 Å². The molecule has 0 radical (unpaired) electrons. The van der Waals surface area contributed by atoms with Crippen LogP contribution in [-0.2, 0) is 10.0 Å². The maximum atomic E-state index is 12.7. The van der Waals surface area contributed by atoms with E-state index in [1.165, 1.54) is 6.42 Å². The summed E-state index contributed by atoms with van der Waals surface area (Å²) in [5.41, 5.74) is 7.98. The number of nitrogens with one attached hydrogen (secondary N) is 1. The summed E-state index contributed by atoms with van der Waals surface area (Å²) in [5, 5.41) is 0. The van der Waals surface area contributed by atoms with E-state index in [-0.39, 0.29) is 6.04 Å². The average Bonchev–Trinajstić information content (AvgIpc) is 2.31. The lowest BCUT2D eigenvalue weighted by molar-refractivity contribution is 0.257. The molecular weight excluding hydrogens is 284 g/mol. The van der Waals surface area contributed by atoms with E-state index >= 15 is 0 Å². The van der Waals surface area contributed by atoms with Crippen LogP contribution in [0.5, 0.6) is 0 Å². The van der Waals surface area contributed by atoms with Crippen LogP contribution in [0.1, 0.15) is 44.2 Å². The minimum Gasteiger partial charge on any atom is -0.399 e. The normalized spacial score (nSPS) is 26.8. The SMILES string of the molecule is Cc1cc(N)cc(S(=O)(=O)NC2CC(C)CC(C)C2)c1C. The van der Waals surface area contributed by atoms with Gasteiger partial charge in [0.25, 0.3) is 0 Å². The molecule has 118 valence electrons. The van der Waals surface area contributed by atoms with E-state index in [9.17, 15) is 8.42 Å². The Balaban J connectivity index is 2.27. The third kappa shape index (κ3) is 3.77. The summed E-state index contributed by atoms with van der Waals surface area (Å²) in [5.74, 6) is 1.12. The molecule has 4 nitrogen and oxygen atoms in total. The molecule has 1 fully saturated rings. The van der Waals surface area contributed by atoms with Crippen molar-refractivity contribution in [1.29, 1.82) is 0 Å². The van der Waals surface area contributed by atoms with E-state index in [1.807, 2.05) is 13.8 Å². The number of aryl methyl sites for hydroxylation is 1. The molecule has 0 aromatic heterocycles. The molecule has 0 heterocycles. The molecule has 2 rings (SSSR count). The summed E-state index contributed by atoms with van der Waals surface area (Å²) in [7, 11) is -3.51. The molecule has 1 aliphatic carbocycles. The first-order chi connectivity index (χ1) is 9.69. The number of rotatable bonds is 3. The van der Waals surface area contributed by atoms with Gasteiger partial charge in [-0.15, -0.1) is 0 Å². The van der Waals surface area contributed by atoms with Crippen LogP contribution in [0.2, 0.25) is 0 Å². The van der Waals surface area contributed by atoms with Gasteiger partial charge in [0.2, 0.25) is 10.0 Å². The van der Waals surface area contributed by atoms with Crippen molar-refractivity contribution in [3.63, 3.8) is 0 Å². The summed E-state index contributed by atoms with van der Waals surface area (Å²) in [6.07, 6.45) is 2.99. The summed E-state index contributed by atoms with van der Waals surface area (Å²) >= 11 is 0. The van der Waals surface area contributed by atoms with E-state index in [4.69, 9.17) is 5.73 Å². The van der Waals surface area contributed by atoms with Crippen LogP contribution in [0.25, 0.3) is 0 Å². The van der Waals surface area contributed by atoms with Gasteiger partial charge in [0.15, 0.2) is 0 Å². The van der Waals surface area contributed by atoms with Gasteiger partial charge in [-0.1, -0.05) is 13.8 Å². The Hall–Kier alpha value is -1.07. The zero-order chi connectivity index (χ0) is 15.8. The van der Waals surface area contributed by atoms with Crippen LogP contribution in [0, 0.1) is 25.7 Å². The Morgan fingerprint density at radius 2 is 1.67 bits per heavy atom. The van der Waals surface area contributed by atoms with Crippen molar-refractivity contribution in [2.75, 3.05) is 5.73 Å². The van der Waals surface area contributed by atoms with Crippen molar-refractivity contribution in [2.24, 2.45) is 11.8 Å². The molecule has 21 heavy (non-hydrogen) atoms. The monoisotopic (exact) mass is 310 g/mol. The molecule has 5 heteroatoms. The second-order valence-corrected chi connectivity index (χ2v) is 8.38. The van der Waals surface area contributed by atoms with Gasteiger partial charge in [0.1, 0.15) is 0 Å². The predicted molar refractivity (Wildman–Crippen MR) is 86.6 cm³/mol. The molecule has 0 saturated heterocycles. The Bertz CT molecular complexity index is 615. The number of benzene rings is 1. The highest BCUT2D eigenvalue weighted by Crippen LogP contribution is 2.30. The van der Waals surface area contributed by atoms with E-state index in [2.05, 4.69) is 18.6 Å². The lowest BCUT2D eigenvalue weighted by Gasteiger charge is -2.31. The van der Waals surface area contributed by atoms with Gasteiger partial charge in [-0.2, -0.15) is 0 Å². The molecule has 0 bridgehead atoms. The summed E-state index contributed by atoms with van der Waals surface area (Å²) in [6, 6.07) is 3.38. The first kappa shape index (κ1) is 16.3. The largest absolute Gasteiger partial charge is 0.399 e. The fraction of sp³-hybridized carbons (Fsp3) is 0.625. The third-order valence-electron chi connectivity index (χ3n) is 4.43. The molecule has 1 aromatic carbocycles. The van der Waals surface area contributed by atoms with E-state index in [0.717, 1.165) is 24.0 Å². The topological polar surface area (TPSA) is 72.2 Å². The van der Waals surface area contributed by atoms with Crippen molar-refractivity contribution in [1.82, 2.24) is 4.72 Å². The van der Waals surface area contributed by atoms with Gasteiger partial charge in [-0.3, -0.25) is 0 Å². The van der Waals surface area contributed by atoms with Crippen molar-refractivity contribution >= 4 is 15.7 Å². The molecule has 1 aromatic rings. The molecule has 0 aliphatic heterocycles. The maximum Gasteiger partial charge on any atom is 0.241 e. The summed E-state index contributed by atoms with van der Waals surface area (Å²) < 4.78 is 28.2. The number of anilines is 1. The molecular formula is C16H26N2O2S. The molecule has 3 N–H and O–H groups in total. The minimum atomic E-state index is -3.51. The number of sulfonamides is 1. The number of nitrogen functional groups attached to an aromatic ring is 1. The van der Waals surface area contributed by atoms with Crippen molar-refractivity contribution in [2.45, 2.75) is 57.9 Å². The van der Waals surface area contributed by atoms with Gasteiger partial charge in [-0.25, -0.2) is 13.1 Å². The highest BCUT2D eigenvalue weighted by atomic mass is 32.2. The first-order valence-corrected chi connectivity index (χ1v) is 9.06. The maximum absolute atomic E-state index is 12.7. The summed E-state index contributed by atoms with van der Waals surface area (Å²) in [4.78, 5) is 0.311. The van der Waals surface area contributed by atoms with Crippen molar-refractivity contribution in [3.8, 4) is 0 Å².